The van der Waals surface area contributed by atoms with Crippen LogP contribution < -0.4 is 0 Å². The van der Waals surface area contributed by atoms with Crippen LogP contribution in [-0.2, 0) is 19.9 Å². The number of carbonyl (C=O) groups excluding carboxylic acids is 1. The minimum atomic E-state index is -0.415. The summed E-state index contributed by atoms with van der Waals surface area (Å²) in [5.74, 6) is 0.302. The van der Waals surface area contributed by atoms with Crippen molar-refractivity contribution in [3.05, 3.63) is 28.5 Å². The first-order valence-electron chi connectivity index (χ1n) is 7.26. The van der Waals surface area contributed by atoms with Crippen LogP contribution in [0, 0.1) is 11.8 Å². The van der Waals surface area contributed by atoms with Crippen LogP contribution in [0.5, 0.6) is 0 Å². The molecular formula is C16H22BrNO3. The van der Waals surface area contributed by atoms with Gasteiger partial charge in [-0.05, 0) is 66.6 Å². The predicted molar refractivity (Wildman–Crippen MR) is 83.8 cm³/mol. The molecule has 0 aromatic carbocycles. The van der Waals surface area contributed by atoms with Crippen LogP contribution in [0.1, 0.15) is 38.3 Å². The lowest BCUT2D eigenvalue weighted by Gasteiger charge is -2.39. The fourth-order valence-electron chi connectivity index (χ4n) is 3.20. The maximum atomic E-state index is 11.6. The number of methoxy groups -OCH3 is 2. The Kier molecular flexibility index (Phi) is 5.38. The van der Waals surface area contributed by atoms with E-state index in [1.165, 1.54) is 7.11 Å². The van der Waals surface area contributed by atoms with Gasteiger partial charge in [0.05, 0.1) is 18.7 Å². The molecule has 1 fully saturated rings. The third-order valence-electron chi connectivity index (χ3n) is 4.70. The number of aromatic nitrogens is 1. The minimum absolute atomic E-state index is 0.0326. The Bertz CT molecular complexity index is 483. The average molecular weight is 356 g/mol. The number of ether oxygens (including phenoxy) is 2. The first-order chi connectivity index (χ1) is 10.0. The second-order valence-corrected chi connectivity index (χ2v) is 6.66. The molecule has 4 nitrogen and oxygen atoms in total. The molecule has 2 rings (SSSR count). The highest BCUT2D eigenvalue weighted by molar-refractivity contribution is 9.10. The van der Waals surface area contributed by atoms with Crippen molar-refractivity contribution in [3.8, 4) is 0 Å². The van der Waals surface area contributed by atoms with Gasteiger partial charge >= 0.3 is 5.97 Å². The fraction of sp³-hybridized carbons (Fsp3) is 0.625. The van der Waals surface area contributed by atoms with Crippen LogP contribution in [0.4, 0.5) is 0 Å². The van der Waals surface area contributed by atoms with Gasteiger partial charge in [-0.2, -0.15) is 0 Å². The third kappa shape index (κ3) is 3.46. The van der Waals surface area contributed by atoms with E-state index in [1.807, 2.05) is 12.1 Å². The maximum Gasteiger partial charge on any atom is 0.308 e. The van der Waals surface area contributed by atoms with Crippen LogP contribution in [0.25, 0.3) is 0 Å². The van der Waals surface area contributed by atoms with Crippen molar-refractivity contribution in [1.29, 1.82) is 0 Å². The smallest absolute Gasteiger partial charge is 0.308 e. The highest BCUT2D eigenvalue weighted by atomic mass is 79.9. The van der Waals surface area contributed by atoms with Gasteiger partial charge in [0.15, 0.2) is 0 Å². The molecule has 5 heteroatoms. The SMILES string of the molecule is COC(=O)C1CCC(C(C)(OC)c2ccc(Br)cn2)CC1. The summed E-state index contributed by atoms with van der Waals surface area (Å²) in [6, 6.07) is 3.99. The van der Waals surface area contributed by atoms with Gasteiger partial charge < -0.3 is 9.47 Å². The van der Waals surface area contributed by atoms with Crippen LogP contribution in [0.15, 0.2) is 22.8 Å². The molecule has 116 valence electrons. The number of halogens is 1. The monoisotopic (exact) mass is 355 g/mol. The van der Waals surface area contributed by atoms with Gasteiger partial charge in [0.2, 0.25) is 0 Å². The molecule has 1 unspecified atom stereocenters. The third-order valence-corrected chi connectivity index (χ3v) is 5.17. The molecule has 0 N–H and O–H groups in total. The molecule has 0 amide bonds. The van der Waals surface area contributed by atoms with Crippen molar-refractivity contribution in [3.63, 3.8) is 0 Å². The molecule has 1 aliphatic rings. The normalized spacial score (nSPS) is 25.1. The van der Waals surface area contributed by atoms with Crippen molar-refractivity contribution in [1.82, 2.24) is 4.98 Å². The first-order valence-corrected chi connectivity index (χ1v) is 8.05. The van der Waals surface area contributed by atoms with E-state index in [2.05, 4.69) is 27.8 Å². The Balaban J connectivity index is 2.11. The first kappa shape index (κ1) is 16.4. The summed E-state index contributed by atoms with van der Waals surface area (Å²) in [7, 11) is 3.19. The van der Waals surface area contributed by atoms with E-state index in [0.29, 0.717) is 5.92 Å². The molecule has 1 aliphatic carbocycles. The predicted octanol–water partition coefficient (Wildman–Crippen LogP) is 3.69. The molecule has 1 aromatic rings. The number of pyridine rings is 1. The summed E-state index contributed by atoms with van der Waals surface area (Å²) >= 11 is 3.41. The summed E-state index contributed by atoms with van der Waals surface area (Å²) < 4.78 is 11.6. The van der Waals surface area contributed by atoms with Crippen molar-refractivity contribution in [2.45, 2.75) is 38.2 Å². The molecule has 0 bridgehead atoms. The molecule has 0 aliphatic heterocycles. The Hall–Kier alpha value is -0.940. The van der Waals surface area contributed by atoms with Crippen molar-refractivity contribution in [2.75, 3.05) is 14.2 Å². The van der Waals surface area contributed by atoms with Gasteiger partial charge in [-0.1, -0.05) is 0 Å². The number of nitrogens with zero attached hydrogens (tertiary/aromatic N) is 1. The Morgan fingerprint density at radius 3 is 2.43 bits per heavy atom. The summed E-state index contributed by atoms with van der Waals surface area (Å²) in [5, 5.41) is 0. The molecule has 1 heterocycles. The Morgan fingerprint density at radius 1 is 1.29 bits per heavy atom. The van der Waals surface area contributed by atoms with E-state index in [1.54, 1.807) is 13.3 Å². The van der Waals surface area contributed by atoms with Crippen molar-refractivity contribution >= 4 is 21.9 Å². The molecule has 0 spiro atoms. The van der Waals surface area contributed by atoms with E-state index < -0.39 is 5.60 Å². The number of hydrogen-bond donors (Lipinski definition) is 0. The molecule has 0 radical (unpaired) electrons. The van der Waals surface area contributed by atoms with E-state index in [-0.39, 0.29) is 11.9 Å². The number of rotatable bonds is 4. The standard InChI is InChI=1S/C16H22BrNO3/c1-16(21-3,14-9-8-13(17)10-18-14)12-6-4-11(5-7-12)15(19)20-2/h8-12H,4-7H2,1-3H3. The molecular weight excluding hydrogens is 334 g/mol. The van der Waals surface area contributed by atoms with Gasteiger partial charge in [-0.15, -0.1) is 0 Å². The zero-order chi connectivity index (χ0) is 15.5. The van der Waals surface area contributed by atoms with Crippen LogP contribution >= 0.6 is 15.9 Å². The summed E-state index contributed by atoms with van der Waals surface area (Å²) in [6.07, 6.45) is 5.40. The van der Waals surface area contributed by atoms with Crippen LogP contribution in [-0.4, -0.2) is 25.2 Å². The Labute approximate surface area is 134 Å². The summed E-state index contributed by atoms with van der Waals surface area (Å²) in [6.45, 7) is 2.09. The van der Waals surface area contributed by atoms with E-state index >= 15 is 0 Å². The van der Waals surface area contributed by atoms with Gasteiger partial charge in [0.1, 0.15) is 5.60 Å². The second kappa shape index (κ2) is 6.88. The fourth-order valence-corrected chi connectivity index (χ4v) is 3.43. The quantitative estimate of drug-likeness (QED) is 0.772. The Morgan fingerprint density at radius 2 is 1.95 bits per heavy atom. The number of carbonyl (C=O) groups is 1. The lowest BCUT2D eigenvalue weighted by atomic mass is 9.72. The zero-order valence-corrected chi connectivity index (χ0v) is 14.4. The highest BCUT2D eigenvalue weighted by Gasteiger charge is 2.40. The van der Waals surface area contributed by atoms with Crippen molar-refractivity contribution in [2.24, 2.45) is 11.8 Å². The number of hydrogen-bond acceptors (Lipinski definition) is 4. The topological polar surface area (TPSA) is 48.4 Å². The largest absolute Gasteiger partial charge is 0.469 e. The van der Waals surface area contributed by atoms with Crippen LogP contribution in [0.3, 0.4) is 0 Å². The number of esters is 1. The van der Waals surface area contributed by atoms with Crippen LogP contribution in [0.2, 0.25) is 0 Å². The van der Waals surface area contributed by atoms with Gasteiger partial charge in [-0.3, -0.25) is 9.78 Å². The van der Waals surface area contributed by atoms with Gasteiger partial charge in [0, 0.05) is 17.8 Å². The van der Waals surface area contributed by atoms with Gasteiger partial charge in [0.25, 0.3) is 0 Å². The highest BCUT2D eigenvalue weighted by Crippen LogP contribution is 2.42. The molecule has 1 saturated carbocycles. The van der Waals surface area contributed by atoms with Gasteiger partial charge in [-0.25, -0.2) is 0 Å². The molecule has 21 heavy (non-hydrogen) atoms. The lowest BCUT2D eigenvalue weighted by Crippen LogP contribution is -2.38. The molecule has 1 aromatic heterocycles. The minimum Gasteiger partial charge on any atom is -0.469 e. The zero-order valence-electron chi connectivity index (χ0n) is 12.8. The maximum absolute atomic E-state index is 11.6. The summed E-state index contributed by atoms with van der Waals surface area (Å²) in [4.78, 5) is 16.1. The molecule has 1 atom stereocenters. The lowest BCUT2D eigenvalue weighted by molar-refractivity contribution is -0.148. The van der Waals surface area contributed by atoms with E-state index in [9.17, 15) is 4.79 Å². The molecule has 0 saturated heterocycles. The average Bonchev–Trinajstić information content (AvgIpc) is 2.54. The van der Waals surface area contributed by atoms with E-state index in [4.69, 9.17) is 9.47 Å². The summed E-state index contributed by atoms with van der Waals surface area (Å²) in [5.41, 5.74) is 0.525. The van der Waals surface area contributed by atoms with Crippen molar-refractivity contribution < 1.29 is 14.3 Å². The van der Waals surface area contributed by atoms with E-state index in [0.717, 1.165) is 35.8 Å². The second-order valence-electron chi connectivity index (χ2n) is 5.74.